The number of anilines is 1. The van der Waals surface area contributed by atoms with Gasteiger partial charge in [-0.1, -0.05) is 52.0 Å². The van der Waals surface area contributed by atoms with Gasteiger partial charge >= 0.3 is 0 Å². The summed E-state index contributed by atoms with van der Waals surface area (Å²) in [5.41, 5.74) is 4.15. The third kappa shape index (κ3) is 4.48. The number of rotatable bonds is 3. The first-order chi connectivity index (χ1) is 12.8. The number of fused-ring (bicyclic) bond motifs is 1. The lowest BCUT2D eigenvalue weighted by atomic mass is 9.87. The van der Waals surface area contributed by atoms with Crippen molar-refractivity contribution in [3.63, 3.8) is 0 Å². The lowest BCUT2D eigenvalue weighted by Crippen LogP contribution is -2.10. The number of thiophene rings is 1. The van der Waals surface area contributed by atoms with Crippen LogP contribution in [0.5, 0.6) is 0 Å². The quantitative estimate of drug-likeness (QED) is 0.697. The molecule has 1 heterocycles. The Morgan fingerprint density at radius 2 is 2.00 bits per heavy atom. The van der Waals surface area contributed by atoms with Gasteiger partial charge in [-0.25, -0.2) is 0 Å². The molecule has 1 aromatic carbocycles. The number of nitriles is 1. The third-order valence-corrected chi connectivity index (χ3v) is 6.23. The van der Waals surface area contributed by atoms with Gasteiger partial charge in [0.2, 0.25) is 5.91 Å². The second-order valence-corrected chi connectivity index (χ2v) is 9.47. The zero-order valence-electron chi connectivity index (χ0n) is 16.4. The van der Waals surface area contributed by atoms with Crippen molar-refractivity contribution in [3.05, 3.63) is 57.5 Å². The second-order valence-electron chi connectivity index (χ2n) is 8.36. The van der Waals surface area contributed by atoms with E-state index in [1.165, 1.54) is 16.5 Å². The summed E-state index contributed by atoms with van der Waals surface area (Å²) >= 11 is 1.56. The Labute approximate surface area is 165 Å². The van der Waals surface area contributed by atoms with Crippen molar-refractivity contribution in [1.82, 2.24) is 0 Å². The van der Waals surface area contributed by atoms with Crippen molar-refractivity contribution in [3.8, 4) is 6.07 Å². The number of carbonyl (C=O) groups is 1. The maximum Gasteiger partial charge on any atom is 0.249 e. The Morgan fingerprint density at radius 3 is 2.63 bits per heavy atom. The highest BCUT2D eigenvalue weighted by atomic mass is 32.1. The monoisotopic (exact) mass is 378 g/mol. The molecule has 140 valence electrons. The predicted molar refractivity (Wildman–Crippen MR) is 113 cm³/mol. The van der Waals surface area contributed by atoms with Gasteiger partial charge in [0.05, 0.1) is 5.56 Å². The van der Waals surface area contributed by atoms with Crippen LogP contribution in [0.3, 0.4) is 0 Å². The molecule has 27 heavy (non-hydrogen) atoms. The van der Waals surface area contributed by atoms with Gasteiger partial charge in [0, 0.05) is 11.0 Å². The molecule has 0 saturated carbocycles. The molecule has 1 N–H and O–H groups in total. The fraction of sp³-hybridized carbons (Fsp3) is 0.391. The van der Waals surface area contributed by atoms with Crippen LogP contribution in [0.1, 0.15) is 61.2 Å². The smallest absolute Gasteiger partial charge is 0.249 e. The highest BCUT2D eigenvalue weighted by molar-refractivity contribution is 7.16. The van der Waals surface area contributed by atoms with Crippen molar-refractivity contribution in [2.45, 2.75) is 52.4 Å². The zero-order valence-corrected chi connectivity index (χ0v) is 17.2. The summed E-state index contributed by atoms with van der Waals surface area (Å²) in [4.78, 5) is 13.6. The number of hydrogen-bond acceptors (Lipinski definition) is 3. The number of benzene rings is 1. The molecule has 0 fully saturated rings. The van der Waals surface area contributed by atoms with Gasteiger partial charge < -0.3 is 5.32 Å². The predicted octanol–water partition coefficient (Wildman–Crippen LogP) is 5.69. The van der Waals surface area contributed by atoms with Crippen molar-refractivity contribution in [2.24, 2.45) is 5.92 Å². The van der Waals surface area contributed by atoms with E-state index in [0.717, 1.165) is 30.4 Å². The molecular formula is C23H26N2OS. The van der Waals surface area contributed by atoms with Crippen LogP contribution in [0.2, 0.25) is 0 Å². The van der Waals surface area contributed by atoms with Gasteiger partial charge in [-0.05, 0) is 53.4 Å². The minimum Gasteiger partial charge on any atom is -0.313 e. The normalized spacial score (nSPS) is 16.8. The molecule has 3 nitrogen and oxygen atoms in total. The number of carbonyl (C=O) groups excluding carboxylic acids is 1. The van der Waals surface area contributed by atoms with Gasteiger partial charge in [0.25, 0.3) is 0 Å². The Kier molecular flexibility index (Phi) is 5.53. The largest absolute Gasteiger partial charge is 0.313 e. The van der Waals surface area contributed by atoms with Crippen LogP contribution >= 0.6 is 11.3 Å². The second kappa shape index (κ2) is 7.70. The topological polar surface area (TPSA) is 52.9 Å². The molecule has 0 bridgehead atoms. The molecule has 2 aromatic rings. The van der Waals surface area contributed by atoms with E-state index in [1.54, 1.807) is 11.3 Å². The molecular weight excluding hydrogens is 352 g/mol. The summed E-state index contributed by atoms with van der Waals surface area (Å²) in [5.74, 6) is 0.445. The van der Waals surface area contributed by atoms with Gasteiger partial charge in [-0.15, -0.1) is 11.3 Å². The van der Waals surface area contributed by atoms with E-state index in [9.17, 15) is 10.1 Å². The number of nitrogens with one attached hydrogen (secondary N) is 1. The van der Waals surface area contributed by atoms with Crippen LogP contribution in [-0.4, -0.2) is 5.91 Å². The summed E-state index contributed by atoms with van der Waals surface area (Å²) < 4.78 is 0. The van der Waals surface area contributed by atoms with Gasteiger partial charge in [0.1, 0.15) is 11.1 Å². The Morgan fingerprint density at radius 1 is 1.30 bits per heavy atom. The first kappa shape index (κ1) is 19.4. The van der Waals surface area contributed by atoms with Crippen LogP contribution in [0.25, 0.3) is 6.08 Å². The molecule has 1 aliphatic carbocycles. The molecule has 0 saturated heterocycles. The van der Waals surface area contributed by atoms with E-state index in [1.807, 2.05) is 18.2 Å². The Balaban J connectivity index is 1.71. The minimum atomic E-state index is -0.196. The first-order valence-electron chi connectivity index (χ1n) is 9.42. The maximum atomic E-state index is 12.4. The van der Waals surface area contributed by atoms with Crippen LogP contribution in [-0.2, 0) is 23.1 Å². The van der Waals surface area contributed by atoms with Gasteiger partial charge in [-0.3, -0.25) is 4.79 Å². The van der Waals surface area contributed by atoms with Crippen molar-refractivity contribution in [2.75, 3.05) is 5.32 Å². The van der Waals surface area contributed by atoms with E-state index in [4.69, 9.17) is 0 Å². The summed E-state index contributed by atoms with van der Waals surface area (Å²) in [5, 5.41) is 13.1. The van der Waals surface area contributed by atoms with Crippen LogP contribution in [0, 0.1) is 17.2 Å². The summed E-state index contributed by atoms with van der Waals surface area (Å²) in [6.45, 7) is 8.78. The van der Waals surface area contributed by atoms with Gasteiger partial charge in [-0.2, -0.15) is 5.26 Å². The van der Waals surface area contributed by atoms with Crippen molar-refractivity contribution >= 4 is 28.3 Å². The van der Waals surface area contributed by atoms with Crippen LogP contribution in [0.15, 0.2) is 30.3 Å². The minimum absolute atomic E-state index is 0.114. The average molecular weight is 379 g/mol. The third-order valence-electron chi connectivity index (χ3n) is 5.06. The molecule has 0 spiro atoms. The maximum absolute atomic E-state index is 12.4. The molecule has 3 rings (SSSR count). The summed E-state index contributed by atoms with van der Waals surface area (Å²) in [6, 6.07) is 10.5. The van der Waals surface area contributed by atoms with E-state index >= 15 is 0 Å². The summed E-state index contributed by atoms with van der Waals surface area (Å²) in [6.07, 6.45) is 6.39. The van der Waals surface area contributed by atoms with Crippen molar-refractivity contribution < 1.29 is 4.79 Å². The number of nitrogens with zero attached hydrogens (tertiary/aromatic N) is 1. The van der Waals surface area contributed by atoms with E-state index in [0.29, 0.717) is 16.5 Å². The highest BCUT2D eigenvalue weighted by Gasteiger charge is 2.24. The molecule has 0 radical (unpaired) electrons. The molecule has 1 amide bonds. The highest BCUT2D eigenvalue weighted by Crippen LogP contribution is 2.39. The molecule has 1 aromatic heterocycles. The van der Waals surface area contributed by atoms with Crippen LogP contribution in [0.4, 0.5) is 5.00 Å². The Bertz CT molecular complexity index is 908. The lowest BCUT2D eigenvalue weighted by Gasteiger charge is -2.18. The average Bonchev–Trinajstić information content (AvgIpc) is 2.95. The Hall–Kier alpha value is -2.38. The van der Waals surface area contributed by atoms with Crippen LogP contribution < -0.4 is 5.32 Å². The molecule has 1 unspecified atom stereocenters. The van der Waals surface area contributed by atoms with E-state index in [2.05, 4.69) is 51.2 Å². The standard InChI is InChI=1S/C23H26N2OS/c1-15-5-11-18-19(14-24)22(27-20(18)13-15)25-21(26)12-8-16-6-9-17(10-7-16)23(2,3)4/h6-10,12,15H,5,11,13H2,1-4H3,(H,25,26)/b12-8+. The number of hydrogen-bond donors (Lipinski definition) is 1. The molecule has 0 aliphatic heterocycles. The molecule has 1 atom stereocenters. The fourth-order valence-electron chi connectivity index (χ4n) is 3.38. The van der Waals surface area contributed by atoms with E-state index in [-0.39, 0.29) is 11.3 Å². The first-order valence-corrected chi connectivity index (χ1v) is 10.2. The van der Waals surface area contributed by atoms with Gasteiger partial charge in [0.15, 0.2) is 0 Å². The zero-order chi connectivity index (χ0) is 19.6. The number of amides is 1. The fourth-order valence-corrected chi connectivity index (χ4v) is 4.74. The van der Waals surface area contributed by atoms with Crippen molar-refractivity contribution in [1.29, 1.82) is 5.26 Å². The molecule has 4 heteroatoms. The SMILES string of the molecule is CC1CCc2c(sc(NC(=O)/C=C/c3ccc(C(C)(C)C)cc3)c2C#N)C1. The lowest BCUT2D eigenvalue weighted by molar-refractivity contribution is -0.111. The molecule has 1 aliphatic rings. The van der Waals surface area contributed by atoms with E-state index < -0.39 is 0 Å². The summed E-state index contributed by atoms with van der Waals surface area (Å²) in [7, 11) is 0.